The number of hydrogen-bond acceptors (Lipinski definition) is 6. The predicted molar refractivity (Wildman–Crippen MR) is 74.7 cm³/mol. The zero-order valence-electron chi connectivity index (χ0n) is 10.9. The molecule has 1 aromatic rings. The van der Waals surface area contributed by atoms with Gasteiger partial charge in [0.15, 0.2) is 0 Å². The van der Waals surface area contributed by atoms with Crippen LogP contribution in [-0.4, -0.2) is 51.2 Å². The van der Waals surface area contributed by atoms with E-state index >= 15 is 0 Å². The Bertz CT molecular complexity index is 480. The molecule has 104 valence electrons. The van der Waals surface area contributed by atoms with E-state index in [1.165, 1.54) is 6.20 Å². The smallest absolute Gasteiger partial charge is 0.343 e. The molecule has 0 unspecified atom stereocenters. The highest BCUT2D eigenvalue weighted by molar-refractivity contribution is 6.28. The normalized spacial score (nSPS) is 22.4. The van der Waals surface area contributed by atoms with Crippen LogP contribution in [0.4, 0.5) is 5.82 Å². The van der Waals surface area contributed by atoms with Crippen molar-refractivity contribution in [3.05, 3.63) is 17.0 Å². The van der Waals surface area contributed by atoms with E-state index in [0.29, 0.717) is 31.2 Å². The molecule has 0 radical (unpaired) electrons. The quantitative estimate of drug-likeness (QED) is 0.486. The highest BCUT2D eigenvalue weighted by Crippen LogP contribution is 2.23. The molecule has 8 heteroatoms. The minimum absolute atomic E-state index is 0.0970. The highest BCUT2D eigenvalue weighted by Gasteiger charge is 2.31. The molecular weight excluding hydrogens is 286 g/mol. The Morgan fingerprint density at radius 1 is 1.74 bits per heavy atom. The van der Waals surface area contributed by atoms with Gasteiger partial charge in [0.25, 0.3) is 0 Å². The SMILES string of the molecule is CCOC(=O)c1cnc(Cl)nc1N[C@@]1([SiH3])CCOC1. The maximum absolute atomic E-state index is 11.8. The molecular formula is C11H16ClN3O3Si. The Morgan fingerprint density at radius 3 is 3.16 bits per heavy atom. The highest BCUT2D eigenvalue weighted by atomic mass is 35.5. The number of esters is 1. The lowest BCUT2D eigenvalue weighted by molar-refractivity contribution is 0.0526. The van der Waals surface area contributed by atoms with Gasteiger partial charge in [0.2, 0.25) is 5.28 Å². The van der Waals surface area contributed by atoms with Crippen LogP contribution in [-0.2, 0) is 9.47 Å². The summed E-state index contributed by atoms with van der Waals surface area (Å²) in [6, 6.07) is 0. The van der Waals surface area contributed by atoms with Gasteiger partial charge < -0.3 is 14.8 Å². The number of anilines is 1. The molecule has 1 aliphatic rings. The lowest BCUT2D eigenvalue weighted by Gasteiger charge is -2.25. The third-order valence-electron chi connectivity index (χ3n) is 2.89. The molecule has 1 N–H and O–H groups in total. The fourth-order valence-corrected chi connectivity index (χ4v) is 2.64. The van der Waals surface area contributed by atoms with Gasteiger partial charge in [-0.1, -0.05) is 0 Å². The first-order chi connectivity index (χ1) is 9.04. The van der Waals surface area contributed by atoms with Crippen LogP contribution >= 0.6 is 11.6 Å². The zero-order chi connectivity index (χ0) is 13.9. The molecule has 19 heavy (non-hydrogen) atoms. The van der Waals surface area contributed by atoms with Gasteiger partial charge in [-0.05, 0) is 24.9 Å². The molecule has 0 spiro atoms. The van der Waals surface area contributed by atoms with Crippen molar-refractivity contribution >= 4 is 33.6 Å². The molecule has 2 rings (SSSR count). The minimum atomic E-state index is -0.453. The van der Waals surface area contributed by atoms with E-state index < -0.39 is 5.97 Å². The van der Waals surface area contributed by atoms with Crippen molar-refractivity contribution in [2.45, 2.75) is 18.5 Å². The molecule has 1 aliphatic heterocycles. The van der Waals surface area contributed by atoms with Gasteiger partial charge in [-0.3, -0.25) is 0 Å². The molecule has 0 bridgehead atoms. The topological polar surface area (TPSA) is 73.3 Å². The summed E-state index contributed by atoms with van der Waals surface area (Å²) in [5, 5.41) is 3.24. The number of nitrogens with one attached hydrogen (secondary N) is 1. The van der Waals surface area contributed by atoms with Gasteiger partial charge in [-0.15, -0.1) is 0 Å². The van der Waals surface area contributed by atoms with Crippen molar-refractivity contribution in [2.75, 3.05) is 25.1 Å². The molecule has 0 saturated carbocycles. The van der Waals surface area contributed by atoms with Crippen LogP contribution in [0, 0.1) is 0 Å². The van der Waals surface area contributed by atoms with Crippen LogP contribution in [0.25, 0.3) is 0 Å². The fraction of sp³-hybridized carbons (Fsp3) is 0.545. The van der Waals surface area contributed by atoms with Crippen molar-refractivity contribution < 1.29 is 14.3 Å². The maximum atomic E-state index is 11.8. The molecule has 0 amide bonds. The van der Waals surface area contributed by atoms with E-state index in [1.807, 2.05) is 0 Å². The molecule has 1 fully saturated rings. The summed E-state index contributed by atoms with van der Waals surface area (Å²) >= 11 is 5.80. The van der Waals surface area contributed by atoms with Gasteiger partial charge in [0.1, 0.15) is 11.4 Å². The number of halogens is 1. The first-order valence-corrected chi connectivity index (χ1v) is 7.47. The number of ether oxygens (including phenoxy) is 2. The maximum Gasteiger partial charge on any atom is 0.343 e. The van der Waals surface area contributed by atoms with E-state index in [2.05, 4.69) is 15.3 Å². The average molecular weight is 302 g/mol. The van der Waals surface area contributed by atoms with E-state index in [9.17, 15) is 4.79 Å². The molecule has 1 atom stereocenters. The summed E-state index contributed by atoms with van der Waals surface area (Å²) in [5.41, 5.74) is 0.299. The summed E-state index contributed by atoms with van der Waals surface area (Å²) in [7, 11) is 0.869. The van der Waals surface area contributed by atoms with Crippen molar-refractivity contribution in [1.29, 1.82) is 0 Å². The van der Waals surface area contributed by atoms with Crippen LogP contribution in [0.5, 0.6) is 0 Å². The van der Waals surface area contributed by atoms with Crippen LogP contribution in [0.15, 0.2) is 6.20 Å². The standard InChI is InChI=1S/C11H16ClN3O3Si/c1-2-18-9(16)7-5-13-10(12)14-8(7)15-11(19)3-4-17-6-11/h5H,2-4,6H2,1,19H3,(H,13,14,15)/t11-/m1/s1. The summed E-state index contributed by atoms with van der Waals surface area (Å²) in [6.45, 7) is 3.38. The lowest BCUT2D eigenvalue weighted by atomic mass is 10.2. The monoisotopic (exact) mass is 301 g/mol. The Hall–Kier alpha value is -1.18. The Labute approximate surface area is 119 Å². The molecule has 1 aromatic heterocycles. The van der Waals surface area contributed by atoms with Gasteiger partial charge in [0, 0.05) is 28.2 Å². The van der Waals surface area contributed by atoms with E-state index in [4.69, 9.17) is 21.1 Å². The first-order valence-electron chi connectivity index (χ1n) is 6.10. The molecule has 2 heterocycles. The van der Waals surface area contributed by atoms with Gasteiger partial charge in [-0.2, -0.15) is 4.98 Å². The number of hydrogen-bond donors (Lipinski definition) is 1. The summed E-state index contributed by atoms with van der Waals surface area (Å²) in [5.74, 6) is -0.0372. The van der Waals surface area contributed by atoms with Crippen LogP contribution in [0.2, 0.25) is 5.28 Å². The van der Waals surface area contributed by atoms with E-state index in [0.717, 1.165) is 16.7 Å². The molecule has 0 aliphatic carbocycles. The van der Waals surface area contributed by atoms with Crippen LogP contribution in [0.3, 0.4) is 0 Å². The van der Waals surface area contributed by atoms with E-state index in [1.54, 1.807) is 6.92 Å². The first kappa shape index (κ1) is 14.2. The second-order valence-electron chi connectivity index (χ2n) is 4.61. The number of carbonyl (C=O) groups is 1. The van der Waals surface area contributed by atoms with Gasteiger partial charge >= 0.3 is 5.97 Å². The second kappa shape index (κ2) is 5.85. The van der Waals surface area contributed by atoms with E-state index in [-0.39, 0.29) is 10.4 Å². The summed E-state index contributed by atoms with van der Waals surface area (Å²) in [4.78, 5) is 19.8. The van der Waals surface area contributed by atoms with Crippen LogP contribution in [0.1, 0.15) is 23.7 Å². The number of rotatable bonds is 4. The number of nitrogens with zero attached hydrogens (tertiary/aromatic N) is 2. The van der Waals surface area contributed by atoms with Gasteiger partial charge in [0.05, 0.1) is 13.2 Å². The van der Waals surface area contributed by atoms with Crippen molar-refractivity contribution in [1.82, 2.24) is 9.97 Å². The minimum Gasteiger partial charge on any atom is -0.462 e. The van der Waals surface area contributed by atoms with Crippen molar-refractivity contribution in [3.63, 3.8) is 0 Å². The molecule has 6 nitrogen and oxygen atoms in total. The van der Waals surface area contributed by atoms with Crippen molar-refractivity contribution in [3.8, 4) is 0 Å². The lowest BCUT2D eigenvalue weighted by Crippen LogP contribution is -2.40. The molecule has 1 saturated heterocycles. The Balaban J connectivity index is 2.26. The average Bonchev–Trinajstić information content (AvgIpc) is 2.76. The van der Waals surface area contributed by atoms with Crippen LogP contribution < -0.4 is 5.32 Å². The largest absolute Gasteiger partial charge is 0.462 e. The second-order valence-corrected chi connectivity index (χ2v) is 6.86. The third-order valence-corrected chi connectivity index (χ3v) is 4.11. The Kier molecular flexibility index (Phi) is 4.38. The van der Waals surface area contributed by atoms with Gasteiger partial charge in [-0.25, -0.2) is 9.78 Å². The fourth-order valence-electron chi connectivity index (χ4n) is 1.87. The van der Waals surface area contributed by atoms with Crippen molar-refractivity contribution in [2.24, 2.45) is 0 Å². The predicted octanol–water partition coefficient (Wildman–Crippen LogP) is 0.201. The number of carbonyl (C=O) groups excluding carboxylic acids is 1. The number of aromatic nitrogens is 2. The third kappa shape index (κ3) is 3.43. The Morgan fingerprint density at radius 2 is 2.53 bits per heavy atom. The zero-order valence-corrected chi connectivity index (χ0v) is 13.7. The summed E-state index contributed by atoms with van der Waals surface area (Å²) in [6.07, 6.45) is 2.28. The molecule has 0 aromatic carbocycles. The summed E-state index contributed by atoms with van der Waals surface area (Å²) < 4.78 is 10.4.